The lowest BCUT2D eigenvalue weighted by molar-refractivity contribution is 0.338. The van der Waals surface area contributed by atoms with Gasteiger partial charge < -0.3 is 10.2 Å². The minimum atomic E-state index is 0.647. The van der Waals surface area contributed by atoms with Gasteiger partial charge in [-0.25, -0.2) is 0 Å². The summed E-state index contributed by atoms with van der Waals surface area (Å²) >= 11 is 0. The van der Waals surface area contributed by atoms with Crippen LogP contribution in [0.15, 0.2) is 0 Å². The molecule has 0 heterocycles. The van der Waals surface area contributed by atoms with Gasteiger partial charge >= 0.3 is 0 Å². The van der Waals surface area contributed by atoms with Crippen LogP contribution in [0.4, 0.5) is 0 Å². The molecule has 0 aromatic carbocycles. The largest absolute Gasteiger partial charge is 0.311 e. The van der Waals surface area contributed by atoms with E-state index in [1.807, 2.05) is 0 Å². The maximum atomic E-state index is 3.70. The second-order valence-electron chi connectivity index (χ2n) is 4.55. The number of hydrogen-bond donors (Lipinski definition) is 1. The molecule has 0 fully saturated rings. The molecule has 0 saturated heterocycles. The van der Waals surface area contributed by atoms with Gasteiger partial charge in [0.05, 0.1) is 0 Å². The smallest absolute Gasteiger partial charge is 0.00668 e. The SMILES string of the molecule is CCCC(CC)NC(C)CCN(C)C. The molecule has 0 aromatic rings. The van der Waals surface area contributed by atoms with Crippen LogP contribution in [0.25, 0.3) is 0 Å². The van der Waals surface area contributed by atoms with Gasteiger partial charge in [-0.05, 0) is 46.8 Å². The third kappa shape index (κ3) is 7.34. The van der Waals surface area contributed by atoms with E-state index in [0.29, 0.717) is 6.04 Å². The van der Waals surface area contributed by atoms with Crippen LogP contribution in [0.2, 0.25) is 0 Å². The summed E-state index contributed by atoms with van der Waals surface area (Å²) in [7, 11) is 4.27. The number of nitrogens with zero attached hydrogens (tertiary/aromatic N) is 1. The average molecular weight is 200 g/mol. The fourth-order valence-electron chi connectivity index (χ4n) is 1.69. The molecule has 1 N–H and O–H groups in total. The molecule has 0 amide bonds. The molecule has 0 bridgehead atoms. The summed E-state index contributed by atoms with van der Waals surface area (Å²) in [6.07, 6.45) is 5.09. The van der Waals surface area contributed by atoms with E-state index in [2.05, 4.69) is 45.1 Å². The zero-order valence-corrected chi connectivity index (χ0v) is 10.6. The van der Waals surface area contributed by atoms with Gasteiger partial charge in [0.2, 0.25) is 0 Å². The highest BCUT2D eigenvalue weighted by Crippen LogP contribution is 2.04. The van der Waals surface area contributed by atoms with Crippen molar-refractivity contribution in [3.63, 3.8) is 0 Å². The fraction of sp³-hybridized carbons (Fsp3) is 1.00. The molecule has 2 heteroatoms. The minimum Gasteiger partial charge on any atom is -0.311 e. The Kier molecular flexibility index (Phi) is 8.20. The van der Waals surface area contributed by atoms with E-state index in [-0.39, 0.29) is 0 Å². The van der Waals surface area contributed by atoms with Crippen LogP contribution in [-0.2, 0) is 0 Å². The quantitative estimate of drug-likeness (QED) is 0.647. The van der Waals surface area contributed by atoms with Gasteiger partial charge in [-0.1, -0.05) is 20.3 Å². The molecule has 2 nitrogen and oxygen atoms in total. The Labute approximate surface area is 90.1 Å². The molecule has 0 radical (unpaired) electrons. The van der Waals surface area contributed by atoms with Crippen molar-refractivity contribution in [3.8, 4) is 0 Å². The lowest BCUT2D eigenvalue weighted by Crippen LogP contribution is -2.37. The van der Waals surface area contributed by atoms with E-state index >= 15 is 0 Å². The van der Waals surface area contributed by atoms with E-state index in [0.717, 1.165) is 6.04 Å². The highest BCUT2D eigenvalue weighted by molar-refractivity contribution is 4.70. The number of nitrogens with one attached hydrogen (secondary N) is 1. The van der Waals surface area contributed by atoms with E-state index in [1.165, 1.54) is 32.2 Å². The topological polar surface area (TPSA) is 15.3 Å². The zero-order valence-electron chi connectivity index (χ0n) is 10.6. The highest BCUT2D eigenvalue weighted by atomic mass is 15.1. The third-order valence-electron chi connectivity index (χ3n) is 2.66. The predicted molar refractivity (Wildman–Crippen MR) is 64.8 cm³/mol. The summed E-state index contributed by atoms with van der Waals surface area (Å²) in [5.74, 6) is 0. The number of hydrogen-bond acceptors (Lipinski definition) is 2. The van der Waals surface area contributed by atoms with Crippen LogP contribution in [0, 0.1) is 0 Å². The first-order valence-corrected chi connectivity index (χ1v) is 6.00. The van der Waals surface area contributed by atoms with Crippen molar-refractivity contribution < 1.29 is 0 Å². The first-order valence-electron chi connectivity index (χ1n) is 6.00. The van der Waals surface area contributed by atoms with Crippen molar-refractivity contribution in [1.82, 2.24) is 10.2 Å². The van der Waals surface area contributed by atoms with Crippen LogP contribution >= 0.6 is 0 Å². The van der Waals surface area contributed by atoms with Gasteiger partial charge in [-0.2, -0.15) is 0 Å². The lowest BCUT2D eigenvalue weighted by atomic mass is 10.1. The normalized spacial score (nSPS) is 15.9. The molecule has 14 heavy (non-hydrogen) atoms. The van der Waals surface area contributed by atoms with Gasteiger partial charge in [-0.15, -0.1) is 0 Å². The van der Waals surface area contributed by atoms with E-state index in [9.17, 15) is 0 Å². The Morgan fingerprint density at radius 3 is 2.21 bits per heavy atom. The van der Waals surface area contributed by atoms with Gasteiger partial charge in [-0.3, -0.25) is 0 Å². The van der Waals surface area contributed by atoms with Crippen molar-refractivity contribution in [2.24, 2.45) is 0 Å². The van der Waals surface area contributed by atoms with Crippen molar-refractivity contribution in [2.45, 2.75) is 58.5 Å². The van der Waals surface area contributed by atoms with Gasteiger partial charge in [0.15, 0.2) is 0 Å². The van der Waals surface area contributed by atoms with E-state index in [1.54, 1.807) is 0 Å². The second kappa shape index (κ2) is 8.25. The standard InChI is InChI=1S/C12H28N2/c1-6-8-12(7-2)13-11(3)9-10-14(4)5/h11-13H,6-10H2,1-5H3. The van der Waals surface area contributed by atoms with Crippen LogP contribution in [-0.4, -0.2) is 37.6 Å². The van der Waals surface area contributed by atoms with E-state index in [4.69, 9.17) is 0 Å². The molecular weight excluding hydrogens is 172 g/mol. The van der Waals surface area contributed by atoms with Crippen LogP contribution in [0.1, 0.15) is 46.5 Å². The zero-order chi connectivity index (χ0) is 11.0. The van der Waals surface area contributed by atoms with Crippen molar-refractivity contribution in [3.05, 3.63) is 0 Å². The monoisotopic (exact) mass is 200 g/mol. The summed E-state index contributed by atoms with van der Waals surface area (Å²) in [5.41, 5.74) is 0. The third-order valence-corrected chi connectivity index (χ3v) is 2.66. The molecule has 86 valence electrons. The Hall–Kier alpha value is -0.0800. The predicted octanol–water partition coefficient (Wildman–Crippen LogP) is 2.49. The van der Waals surface area contributed by atoms with E-state index < -0.39 is 0 Å². The minimum absolute atomic E-state index is 0.647. The van der Waals surface area contributed by atoms with Crippen LogP contribution < -0.4 is 5.32 Å². The van der Waals surface area contributed by atoms with Crippen molar-refractivity contribution in [1.29, 1.82) is 0 Å². The second-order valence-corrected chi connectivity index (χ2v) is 4.55. The Balaban J connectivity index is 3.61. The average Bonchev–Trinajstić information content (AvgIpc) is 2.14. The Morgan fingerprint density at radius 1 is 1.14 bits per heavy atom. The summed E-state index contributed by atoms with van der Waals surface area (Å²) in [6.45, 7) is 8.00. The van der Waals surface area contributed by atoms with Crippen LogP contribution in [0.5, 0.6) is 0 Å². The number of rotatable bonds is 8. The molecular formula is C12H28N2. The Morgan fingerprint density at radius 2 is 1.79 bits per heavy atom. The molecule has 0 aromatic heterocycles. The molecule has 0 rings (SSSR count). The molecule has 0 spiro atoms. The van der Waals surface area contributed by atoms with Gasteiger partial charge in [0, 0.05) is 12.1 Å². The maximum absolute atomic E-state index is 3.70. The molecule has 0 aliphatic heterocycles. The Bertz CT molecular complexity index is 123. The maximum Gasteiger partial charge on any atom is 0.00668 e. The molecule has 0 aliphatic rings. The molecule has 2 unspecified atom stereocenters. The van der Waals surface area contributed by atoms with Gasteiger partial charge in [0.25, 0.3) is 0 Å². The fourth-order valence-corrected chi connectivity index (χ4v) is 1.69. The summed E-state index contributed by atoms with van der Waals surface area (Å²) in [6, 6.07) is 1.37. The van der Waals surface area contributed by atoms with Crippen LogP contribution in [0.3, 0.4) is 0 Å². The molecule has 0 saturated carbocycles. The lowest BCUT2D eigenvalue weighted by Gasteiger charge is -2.23. The summed E-state index contributed by atoms with van der Waals surface area (Å²) < 4.78 is 0. The van der Waals surface area contributed by atoms with Gasteiger partial charge in [0.1, 0.15) is 0 Å². The molecule has 2 atom stereocenters. The van der Waals surface area contributed by atoms with Crippen molar-refractivity contribution in [2.75, 3.05) is 20.6 Å². The molecule has 0 aliphatic carbocycles. The first-order chi connectivity index (χ1) is 6.60. The summed E-state index contributed by atoms with van der Waals surface area (Å²) in [4.78, 5) is 2.25. The summed E-state index contributed by atoms with van der Waals surface area (Å²) in [5, 5.41) is 3.70. The highest BCUT2D eigenvalue weighted by Gasteiger charge is 2.08. The first kappa shape index (κ1) is 13.9. The van der Waals surface area contributed by atoms with Crippen molar-refractivity contribution >= 4 is 0 Å².